The third kappa shape index (κ3) is 3.08. The molecule has 0 unspecified atom stereocenters. The van der Waals surface area contributed by atoms with Crippen molar-refractivity contribution < 1.29 is 27.6 Å². The van der Waals surface area contributed by atoms with Crippen molar-refractivity contribution in [2.24, 2.45) is 11.8 Å². The first-order chi connectivity index (χ1) is 15.2. The van der Waals surface area contributed by atoms with E-state index >= 15 is 0 Å². The number of nitrogens with zero attached hydrogens (tertiary/aromatic N) is 2. The van der Waals surface area contributed by atoms with E-state index in [-0.39, 0.29) is 17.5 Å². The normalized spacial score (nSPS) is 27.7. The second-order valence-corrected chi connectivity index (χ2v) is 8.73. The molecule has 0 aromatic heterocycles. The lowest BCUT2D eigenvalue weighted by atomic mass is 9.85. The van der Waals surface area contributed by atoms with Crippen LogP contribution < -0.4 is 4.90 Å². The predicted molar refractivity (Wildman–Crippen MR) is 110 cm³/mol. The predicted octanol–water partition coefficient (Wildman–Crippen LogP) is 3.85. The van der Waals surface area contributed by atoms with E-state index in [0.717, 1.165) is 29.0 Å². The van der Waals surface area contributed by atoms with Crippen molar-refractivity contribution in [1.82, 2.24) is 4.90 Å². The number of benzene rings is 2. The number of rotatable bonds is 3. The summed E-state index contributed by atoms with van der Waals surface area (Å²) in [7, 11) is 0. The van der Waals surface area contributed by atoms with Crippen LogP contribution in [0.4, 0.5) is 18.9 Å². The Morgan fingerprint density at radius 3 is 2.38 bits per heavy atom. The molecule has 3 saturated heterocycles. The van der Waals surface area contributed by atoms with E-state index in [4.69, 9.17) is 0 Å². The number of ketones is 1. The highest BCUT2D eigenvalue weighted by molar-refractivity contribution is 6.24. The van der Waals surface area contributed by atoms with Crippen molar-refractivity contribution >= 4 is 23.3 Å². The molecule has 0 spiro atoms. The molecule has 2 aromatic rings. The molecule has 3 aliphatic rings. The molecule has 0 aliphatic carbocycles. The molecular weight excluding hydrogens is 421 g/mol. The number of amides is 2. The Labute approximate surface area is 182 Å². The molecule has 8 heteroatoms. The average molecular weight is 442 g/mol. The van der Waals surface area contributed by atoms with E-state index in [2.05, 4.69) is 0 Å². The van der Waals surface area contributed by atoms with Crippen molar-refractivity contribution in [2.45, 2.75) is 38.0 Å². The summed E-state index contributed by atoms with van der Waals surface area (Å²) in [4.78, 5) is 43.0. The molecule has 4 atom stereocenters. The zero-order chi connectivity index (χ0) is 22.8. The summed E-state index contributed by atoms with van der Waals surface area (Å²) < 4.78 is 39.6. The number of imide groups is 1. The van der Waals surface area contributed by atoms with Crippen LogP contribution in [0.5, 0.6) is 0 Å². The first-order valence-corrected chi connectivity index (χ1v) is 10.6. The fraction of sp³-hybridized carbons (Fsp3) is 0.375. The summed E-state index contributed by atoms with van der Waals surface area (Å²) in [6, 6.07) is 10.2. The zero-order valence-corrected chi connectivity index (χ0v) is 17.3. The van der Waals surface area contributed by atoms with Gasteiger partial charge in [0.1, 0.15) is 0 Å². The summed E-state index contributed by atoms with van der Waals surface area (Å²) in [5, 5.41) is 0. The fourth-order valence-corrected chi connectivity index (χ4v) is 5.48. The van der Waals surface area contributed by atoms with Gasteiger partial charge in [-0.1, -0.05) is 35.9 Å². The van der Waals surface area contributed by atoms with Crippen LogP contribution in [-0.2, 0) is 15.8 Å². The van der Waals surface area contributed by atoms with Crippen LogP contribution in [0.3, 0.4) is 0 Å². The Balaban J connectivity index is 1.54. The molecule has 2 amide bonds. The smallest absolute Gasteiger partial charge is 0.292 e. The van der Waals surface area contributed by atoms with Gasteiger partial charge in [0.15, 0.2) is 5.78 Å². The lowest BCUT2D eigenvalue weighted by Crippen LogP contribution is -2.46. The van der Waals surface area contributed by atoms with E-state index in [1.54, 1.807) is 12.1 Å². The lowest BCUT2D eigenvalue weighted by Gasteiger charge is -2.27. The molecular formula is C24H21F3N2O3. The molecule has 3 heterocycles. The Hall–Kier alpha value is -3.00. The zero-order valence-electron chi connectivity index (χ0n) is 17.3. The van der Waals surface area contributed by atoms with Crippen molar-refractivity contribution in [3.63, 3.8) is 0 Å². The van der Waals surface area contributed by atoms with E-state index < -0.39 is 41.4 Å². The first-order valence-electron chi connectivity index (χ1n) is 10.6. The monoisotopic (exact) mass is 442 g/mol. The molecule has 32 heavy (non-hydrogen) atoms. The van der Waals surface area contributed by atoms with Crippen LogP contribution in [-0.4, -0.2) is 41.1 Å². The number of carbonyl (C=O) groups excluding carboxylic acids is 3. The number of hydrogen-bond donors (Lipinski definition) is 0. The van der Waals surface area contributed by atoms with Gasteiger partial charge in [-0.25, -0.2) is 4.90 Å². The quantitative estimate of drug-likeness (QED) is 0.535. The van der Waals surface area contributed by atoms with Crippen LogP contribution in [0.25, 0.3) is 0 Å². The van der Waals surface area contributed by atoms with Gasteiger partial charge in [0.25, 0.3) is 0 Å². The Morgan fingerprint density at radius 2 is 1.69 bits per heavy atom. The van der Waals surface area contributed by atoms with Gasteiger partial charge in [0.05, 0.1) is 29.1 Å². The standard InChI is InChI=1S/C24H21F3N2O3/c1-13-7-9-14(10-8-13)21(30)20-19-18(17-6-3-11-28(17)20)22(31)29(23(19)32)16-5-2-4-15(12-16)24(25,26)27/h2,4-5,7-10,12,17-20H,3,6,11H2,1H3/t17-,18-,19+,20+/m1/s1. The number of Topliss-reactive ketones (excluding diaryl/α,β-unsaturated/α-hetero) is 1. The van der Waals surface area contributed by atoms with Gasteiger partial charge in [0.2, 0.25) is 11.8 Å². The van der Waals surface area contributed by atoms with Crippen molar-refractivity contribution in [1.29, 1.82) is 0 Å². The molecule has 0 N–H and O–H groups in total. The van der Waals surface area contributed by atoms with E-state index in [0.29, 0.717) is 18.5 Å². The molecule has 0 radical (unpaired) electrons. The Morgan fingerprint density at radius 1 is 1.00 bits per heavy atom. The first kappa shape index (κ1) is 20.9. The van der Waals surface area contributed by atoms with Crippen LogP contribution in [0, 0.1) is 18.8 Å². The summed E-state index contributed by atoms with van der Waals surface area (Å²) in [5.41, 5.74) is 0.426. The van der Waals surface area contributed by atoms with E-state index in [1.807, 2.05) is 24.0 Å². The van der Waals surface area contributed by atoms with Gasteiger partial charge in [-0.05, 0) is 44.5 Å². The minimum atomic E-state index is -4.59. The van der Waals surface area contributed by atoms with Gasteiger partial charge in [-0.3, -0.25) is 19.3 Å². The molecule has 3 aliphatic heterocycles. The lowest BCUT2D eigenvalue weighted by molar-refractivity contribution is -0.137. The molecule has 3 fully saturated rings. The summed E-state index contributed by atoms with van der Waals surface area (Å²) in [6.45, 7) is 2.52. The maximum Gasteiger partial charge on any atom is 0.416 e. The van der Waals surface area contributed by atoms with Gasteiger partial charge >= 0.3 is 6.18 Å². The summed E-state index contributed by atoms with van der Waals surface area (Å²) in [5.74, 6) is -2.96. The largest absolute Gasteiger partial charge is 0.416 e. The number of fused-ring (bicyclic) bond motifs is 3. The number of hydrogen-bond acceptors (Lipinski definition) is 4. The molecule has 5 rings (SSSR count). The number of halogens is 3. The summed E-state index contributed by atoms with van der Waals surface area (Å²) in [6.07, 6.45) is -3.12. The number of alkyl halides is 3. The van der Waals surface area contributed by atoms with Gasteiger partial charge in [-0.2, -0.15) is 13.2 Å². The highest BCUT2D eigenvalue weighted by atomic mass is 19.4. The van der Waals surface area contributed by atoms with Crippen molar-refractivity contribution in [3.05, 3.63) is 65.2 Å². The third-order valence-electron chi connectivity index (χ3n) is 6.89. The molecule has 166 valence electrons. The fourth-order valence-electron chi connectivity index (χ4n) is 5.48. The minimum Gasteiger partial charge on any atom is -0.292 e. The maximum absolute atomic E-state index is 13.5. The topological polar surface area (TPSA) is 57.7 Å². The Kier molecular flexibility index (Phi) is 4.74. The van der Waals surface area contributed by atoms with Crippen molar-refractivity contribution in [3.8, 4) is 0 Å². The Bertz CT molecular complexity index is 1110. The van der Waals surface area contributed by atoms with Gasteiger partial charge in [0, 0.05) is 11.6 Å². The van der Waals surface area contributed by atoms with Crippen molar-refractivity contribution in [2.75, 3.05) is 11.4 Å². The van der Waals surface area contributed by atoms with E-state index in [1.165, 1.54) is 12.1 Å². The third-order valence-corrected chi connectivity index (χ3v) is 6.89. The second kappa shape index (κ2) is 7.27. The van der Waals surface area contributed by atoms with Crippen LogP contribution >= 0.6 is 0 Å². The van der Waals surface area contributed by atoms with Crippen LogP contribution in [0.15, 0.2) is 48.5 Å². The highest BCUT2D eigenvalue weighted by Crippen LogP contribution is 2.48. The van der Waals surface area contributed by atoms with Crippen LogP contribution in [0.2, 0.25) is 0 Å². The second-order valence-electron chi connectivity index (χ2n) is 8.73. The number of anilines is 1. The molecule has 0 saturated carbocycles. The number of carbonyl (C=O) groups is 3. The maximum atomic E-state index is 13.5. The van der Waals surface area contributed by atoms with E-state index in [9.17, 15) is 27.6 Å². The highest BCUT2D eigenvalue weighted by Gasteiger charge is 2.64. The molecule has 5 nitrogen and oxygen atoms in total. The van der Waals surface area contributed by atoms with Gasteiger partial charge in [-0.15, -0.1) is 0 Å². The average Bonchev–Trinajstić information content (AvgIpc) is 3.39. The van der Waals surface area contributed by atoms with Crippen LogP contribution in [0.1, 0.15) is 34.3 Å². The van der Waals surface area contributed by atoms with Gasteiger partial charge < -0.3 is 0 Å². The molecule has 0 bridgehead atoms. The minimum absolute atomic E-state index is 0.102. The SMILES string of the molecule is Cc1ccc(C(=O)[C@@H]2[C@H]3C(=O)N(c4cccc(C(F)(F)F)c4)C(=O)[C@@H]3[C@H]3CCCN32)cc1. The number of aryl methyl sites for hydroxylation is 1. The molecule has 2 aromatic carbocycles. The summed E-state index contributed by atoms with van der Waals surface area (Å²) >= 11 is 0.